The molecule has 2 aromatic rings. The molecule has 5 heteroatoms. The van der Waals surface area contributed by atoms with Gasteiger partial charge in [0.15, 0.2) is 5.96 Å². The fourth-order valence-electron chi connectivity index (χ4n) is 2.61. The number of halogens is 2. The Bertz CT molecular complexity index is 628. The highest BCUT2D eigenvalue weighted by Crippen LogP contribution is 2.16. The van der Waals surface area contributed by atoms with Gasteiger partial charge >= 0.3 is 0 Å². The Morgan fingerprint density at radius 2 is 1.73 bits per heavy atom. The minimum Gasteiger partial charge on any atom is -0.370 e. The van der Waals surface area contributed by atoms with E-state index in [0.29, 0.717) is 5.96 Å². The molecule has 3 rings (SSSR count). The van der Waals surface area contributed by atoms with Crippen LogP contribution < -0.4 is 5.73 Å². The fraction of sp³-hybridized carbons (Fsp3) is 0.235. The zero-order valence-electron chi connectivity index (χ0n) is 12.2. The number of rotatable bonds is 4. The first-order valence-corrected chi connectivity index (χ1v) is 7.07. The summed E-state index contributed by atoms with van der Waals surface area (Å²) < 4.78 is 12.9. The second-order valence-corrected chi connectivity index (χ2v) is 5.34. The Balaban J connectivity index is 0.00000176. The van der Waals surface area contributed by atoms with Crippen LogP contribution in [0.4, 0.5) is 4.39 Å². The Labute approximate surface area is 136 Å². The van der Waals surface area contributed by atoms with E-state index in [1.165, 1.54) is 17.7 Å². The molecule has 0 spiro atoms. The number of nitrogens with zero attached hydrogens (tertiary/aromatic N) is 2. The van der Waals surface area contributed by atoms with Crippen molar-refractivity contribution < 1.29 is 4.39 Å². The van der Waals surface area contributed by atoms with E-state index in [4.69, 9.17) is 5.73 Å². The monoisotopic (exact) mass is 319 g/mol. The standard InChI is InChI=1S/C17H18FN3.ClH/c18-15-8-6-13(7-9-15)10-16-12-21(17(19)20-16)11-14-4-2-1-3-5-14;/h1-9,16H,10-12H2,(H2,19,20);1H/t16-;/m0./s1. The molecule has 0 aliphatic carbocycles. The number of hydrogen-bond acceptors (Lipinski definition) is 3. The van der Waals surface area contributed by atoms with E-state index >= 15 is 0 Å². The van der Waals surface area contributed by atoms with Gasteiger partial charge in [-0.2, -0.15) is 0 Å². The molecule has 22 heavy (non-hydrogen) atoms. The third-order valence-corrected chi connectivity index (χ3v) is 3.67. The van der Waals surface area contributed by atoms with Gasteiger partial charge in [0.05, 0.1) is 6.04 Å². The molecular formula is C17H19ClFN3. The third kappa shape index (κ3) is 3.98. The van der Waals surface area contributed by atoms with Gasteiger partial charge in [-0.1, -0.05) is 42.5 Å². The van der Waals surface area contributed by atoms with Crippen molar-refractivity contribution in [3.63, 3.8) is 0 Å². The van der Waals surface area contributed by atoms with Crippen LogP contribution in [-0.4, -0.2) is 23.4 Å². The van der Waals surface area contributed by atoms with Crippen LogP contribution in [0.5, 0.6) is 0 Å². The third-order valence-electron chi connectivity index (χ3n) is 3.67. The van der Waals surface area contributed by atoms with Crippen molar-refractivity contribution in [1.82, 2.24) is 4.90 Å². The molecule has 0 fully saturated rings. The SMILES string of the molecule is Cl.NC1=N[C@@H](Cc2ccc(F)cc2)CN1Cc1ccccc1. The van der Waals surface area contributed by atoms with Gasteiger partial charge in [-0.15, -0.1) is 12.4 Å². The number of aliphatic imine (C=N–C) groups is 1. The first kappa shape index (κ1) is 16.3. The zero-order valence-corrected chi connectivity index (χ0v) is 13.0. The van der Waals surface area contributed by atoms with Crippen LogP contribution in [0, 0.1) is 5.82 Å². The van der Waals surface area contributed by atoms with Crippen LogP contribution >= 0.6 is 12.4 Å². The summed E-state index contributed by atoms with van der Waals surface area (Å²) in [5.41, 5.74) is 8.31. The van der Waals surface area contributed by atoms with Crippen molar-refractivity contribution in [2.45, 2.75) is 19.0 Å². The van der Waals surface area contributed by atoms with Crippen LogP contribution in [-0.2, 0) is 13.0 Å². The summed E-state index contributed by atoms with van der Waals surface area (Å²) in [5.74, 6) is 0.379. The number of guanidine groups is 1. The minimum absolute atomic E-state index is 0. The molecular weight excluding hydrogens is 301 g/mol. The topological polar surface area (TPSA) is 41.6 Å². The first-order valence-electron chi connectivity index (χ1n) is 7.07. The van der Waals surface area contributed by atoms with Gasteiger partial charge < -0.3 is 10.6 Å². The highest BCUT2D eigenvalue weighted by molar-refractivity contribution is 5.85. The highest BCUT2D eigenvalue weighted by atomic mass is 35.5. The lowest BCUT2D eigenvalue weighted by Gasteiger charge is -2.18. The van der Waals surface area contributed by atoms with Crippen molar-refractivity contribution >= 4 is 18.4 Å². The molecule has 0 bridgehead atoms. The lowest BCUT2D eigenvalue weighted by Crippen LogP contribution is -2.34. The van der Waals surface area contributed by atoms with Gasteiger partial charge in [-0.25, -0.2) is 9.38 Å². The molecule has 116 valence electrons. The normalized spacial score (nSPS) is 17.0. The second-order valence-electron chi connectivity index (χ2n) is 5.34. The minimum atomic E-state index is -0.209. The summed E-state index contributed by atoms with van der Waals surface area (Å²) in [6.07, 6.45) is 0.784. The molecule has 1 atom stereocenters. The second kappa shape index (κ2) is 7.27. The van der Waals surface area contributed by atoms with Crippen LogP contribution in [0.1, 0.15) is 11.1 Å². The quantitative estimate of drug-likeness (QED) is 0.941. The van der Waals surface area contributed by atoms with E-state index in [2.05, 4.69) is 22.0 Å². The van der Waals surface area contributed by atoms with Crippen LogP contribution in [0.15, 0.2) is 59.6 Å². The van der Waals surface area contributed by atoms with Gasteiger partial charge in [0.25, 0.3) is 0 Å². The Morgan fingerprint density at radius 3 is 2.41 bits per heavy atom. The van der Waals surface area contributed by atoms with E-state index in [9.17, 15) is 4.39 Å². The molecule has 0 saturated heterocycles. The lowest BCUT2D eigenvalue weighted by molar-refractivity contribution is 0.413. The zero-order chi connectivity index (χ0) is 14.7. The van der Waals surface area contributed by atoms with Crippen molar-refractivity contribution in [2.75, 3.05) is 6.54 Å². The van der Waals surface area contributed by atoms with Crippen molar-refractivity contribution in [3.8, 4) is 0 Å². The van der Waals surface area contributed by atoms with E-state index in [1.54, 1.807) is 12.1 Å². The van der Waals surface area contributed by atoms with E-state index in [0.717, 1.165) is 25.1 Å². The summed E-state index contributed by atoms with van der Waals surface area (Å²) in [6.45, 7) is 1.58. The summed E-state index contributed by atoms with van der Waals surface area (Å²) in [6, 6.07) is 16.9. The van der Waals surface area contributed by atoms with Crippen molar-refractivity contribution in [2.24, 2.45) is 10.7 Å². The average molecular weight is 320 g/mol. The maximum atomic E-state index is 12.9. The number of benzene rings is 2. The maximum Gasteiger partial charge on any atom is 0.191 e. The van der Waals surface area contributed by atoms with E-state index in [1.807, 2.05) is 18.2 Å². The average Bonchev–Trinajstić information content (AvgIpc) is 2.82. The van der Waals surface area contributed by atoms with Gasteiger partial charge in [-0.05, 0) is 29.7 Å². The molecule has 1 heterocycles. The van der Waals surface area contributed by atoms with Gasteiger partial charge in [0, 0.05) is 13.1 Å². The van der Waals surface area contributed by atoms with Crippen LogP contribution in [0.2, 0.25) is 0 Å². The lowest BCUT2D eigenvalue weighted by atomic mass is 10.1. The smallest absolute Gasteiger partial charge is 0.191 e. The van der Waals surface area contributed by atoms with Crippen LogP contribution in [0.25, 0.3) is 0 Å². The van der Waals surface area contributed by atoms with E-state index < -0.39 is 0 Å². The van der Waals surface area contributed by atoms with Gasteiger partial charge in [-0.3, -0.25) is 0 Å². The van der Waals surface area contributed by atoms with E-state index in [-0.39, 0.29) is 24.3 Å². The van der Waals surface area contributed by atoms with Crippen LogP contribution in [0.3, 0.4) is 0 Å². The number of nitrogens with two attached hydrogens (primary N) is 1. The molecule has 1 aliphatic heterocycles. The van der Waals surface area contributed by atoms with Crippen molar-refractivity contribution in [3.05, 3.63) is 71.5 Å². The molecule has 0 radical (unpaired) electrons. The molecule has 3 nitrogen and oxygen atoms in total. The molecule has 2 N–H and O–H groups in total. The predicted molar refractivity (Wildman–Crippen MR) is 89.6 cm³/mol. The Morgan fingerprint density at radius 1 is 1.05 bits per heavy atom. The Kier molecular flexibility index (Phi) is 5.39. The molecule has 0 saturated carbocycles. The molecule has 0 aromatic heterocycles. The fourth-order valence-corrected chi connectivity index (χ4v) is 2.61. The highest BCUT2D eigenvalue weighted by Gasteiger charge is 2.23. The Hall–Kier alpha value is -2.07. The van der Waals surface area contributed by atoms with Crippen molar-refractivity contribution in [1.29, 1.82) is 0 Å². The first-order chi connectivity index (χ1) is 10.2. The predicted octanol–water partition coefficient (Wildman–Crippen LogP) is 2.99. The summed E-state index contributed by atoms with van der Waals surface area (Å²) in [7, 11) is 0. The number of hydrogen-bond donors (Lipinski definition) is 1. The molecule has 0 unspecified atom stereocenters. The summed E-state index contributed by atoms with van der Waals surface area (Å²) in [5, 5.41) is 0. The summed E-state index contributed by atoms with van der Waals surface area (Å²) >= 11 is 0. The van der Waals surface area contributed by atoms with Gasteiger partial charge in [0.1, 0.15) is 5.82 Å². The molecule has 2 aromatic carbocycles. The molecule has 0 amide bonds. The molecule has 1 aliphatic rings. The van der Waals surface area contributed by atoms with Gasteiger partial charge in [0.2, 0.25) is 0 Å². The largest absolute Gasteiger partial charge is 0.370 e. The summed E-state index contributed by atoms with van der Waals surface area (Å²) in [4.78, 5) is 6.60. The maximum absolute atomic E-state index is 12.9.